The summed E-state index contributed by atoms with van der Waals surface area (Å²) < 4.78 is 15.0. The number of fused-ring (bicyclic) bond motifs is 1. The Kier molecular flexibility index (Phi) is 4.13. The van der Waals surface area contributed by atoms with Crippen molar-refractivity contribution in [1.29, 1.82) is 0 Å². The number of nitrogens with zero attached hydrogens (tertiary/aromatic N) is 3. The van der Waals surface area contributed by atoms with E-state index >= 15 is 0 Å². The Morgan fingerprint density at radius 2 is 1.93 bits per heavy atom. The smallest absolute Gasteiger partial charge is 0.336 e. The lowest BCUT2D eigenvalue weighted by atomic mass is 10.0. The summed E-state index contributed by atoms with van der Waals surface area (Å²) in [5.41, 5.74) is 1.09. The maximum atomic E-state index is 12.0. The van der Waals surface area contributed by atoms with Crippen LogP contribution in [0.1, 0.15) is 5.82 Å². The van der Waals surface area contributed by atoms with Crippen LogP contribution in [0.3, 0.4) is 0 Å². The summed E-state index contributed by atoms with van der Waals surface area (Å²) in [6.07, 6.45) is 0. The largest absolute Gasteiger partial charge is 0.430 e. The number of rotatable bonds is 4. The van der Waals surface area contributed by atoms with Gasteiger partial charge in [0.2, 0.25) is 0 Å². The molecule has 0 fully saturated rings. The summed E-state index contributed by atoms with van der Waals surface area (Å²) in [5, 5.41) is 11.9. The molecule has 4 rings (SSSR count). The van der Waals surface area contributed by atoms with Crippen molar-refractivity contribution in [1.82, 2.24) is 9.36 Å². The zero-order valence-corrected chi connectivity index (χ0v) is 14.7. The normalized spacial score (nSPS) is 10.9. The molecule has 2 heterocycles. The van der Waals surface area contributed by atoms with Crippen LogP contribution in [0, 0.1) is 17.0 Å². The summed E-state index contributed by atoms with van der Waals surface area (Å²) in [7, 11) is 0. The van der Waals surface area contributed by atoms with Gasteiger partial charge in [0.25, 0.3) is 10.9 Å². The van der Waals surface area contributed by atoms with E-state index in [1.165, 1.54) is 18.2 Å². The lowest BCUT2D eigenvalue weighted by molar-refractivity contribution is -0.384. The van der Waals surface area contributed by atoms with Crippen molar-refractivity contribution in [2.45, 2.75) is 6.92 Å². The van der Waals surface area contributed by atoms with Crippen LogP contribution in [0.2, 0.25) is 0 Å². The number of non-ortho nitro benzene ring substituents is 1. The van der Waals surface area contributed by atoms with Crippen LogP contribution >= 0.6 is 11.5 Å². The lowest BCUT2D eigenvalue weighted by Crippen LogP contribution is -1.98. The van der Waals surface area contributed by atoms with E-state index in [2.05, 4.69) is 9.36 Å². The first kappa shape index (κ1) is 16.9. The summed E-state index contributed by atoms with van der Waals surface area (Å²) in [4.78, 5) is 26.5. The molecule has 0 amide bonds. The molecule has 8 nitrogen and oxygen atoms in total. The van der Waals surface area contributed by atoms with Crippen molar-refractivity contribution in [3.8, 4) is 22.1 Å². The lowest BCUT2D eigenvalue weighted by Gasteiger charge is -2.07. The second-order valence-corrected chi connectivity index (χ2v) is 6.37. The summed E-state index contributed by atoms with van der Waals surface area (Å²) in [6, 6.07) is 12.4. The first-order valence-electron chi connectivity index (χ1n) is 7.80. The van der Waals surface area contributed by atoms with Gasteiger partial charge in [-0.3, -0.25) is 10.1 Å². The molecular weight excluding hydrogens is 370 g/mol. The van der Waals surface area contributed by atoms with Gasteiger partial charge in [-0.1, -0.05) is 0 Å². The fourth-order valence-corrected chi connectivity index (χ4v) is 3.19. The Hall–Kier alpha value is -3.59. The fraction of sp³-hybridized carbons (Fsp3) is 0.0556. The molecule has 134 valence electrons. The Balaban J connectivity index is 1.77. The van der Waals surface area contributed by atoms with Gasteiger partial charge in [0.15, 0.2) is 0 Å². The predicted molar refractivity (Wildman–Crippen MR) is 99.3 cm³/mol. The van der Waals surface area contributed by atoms with Gasteiger partial charge in [-0.15, -0.1) is 0 Å². The highest BCUT2D eigenvalue weighted by Crippen LogP contribution is 2.32. The molecule has 4 aromatic rings. The van der Waals surface area contributed by atoms with E-state index in [1.54, 1.807) is 37.3 Å². The van der Waals surface area contributed by atoms with Gasteiger partial charge >= 0.3 is 5.63 Å². The molecule has 0 N–H and O–H groups in total. The number of aryl methyl sites for hydroxylation is 1. The molecule has 0 atom stereocenters. The average Bonchev–Trinajstić information content (AvgIpc) is 3.05. The number of nitro benzene ring substituents is 1. The Labute approximate surface area is 156 Å². The fourth-order valence-electron chi connectivity index (χ4n) is 2.63. The van der Waals surface area contributed by atoms with E-state index < -0.39 is 10.5 Å². The summed E-state index contributed by atoms with van der Waals surface area (Å²) in [6.45, 7) is 1.76. The minimum atomic E-state index is -0.528. The van der Waals surface area contributed by atoms with Gasteiger partial charge in [-0.05, 0) is 42.3 Å². The van der Waals surface area contributed by atoms with Crippen LogP contribution in [-0.2, 0) is 0 Å². The molecule has 0 aliphatic rings. The predicted octanol–water partition coefficient (Wildman–Crippen LogP) is 4.32. The van der Waals surface area contributed by atoms with Crippen molar-refractivity contribution < 1.29 is 14.1 Å². The molecule has 0 saturated heterocycles. The summed E-state index contributed by atoms with van der Waals surface area (Å²) in [5.74, 6) is 1.07. The first-order valence-corrected chi connectivity index (χ1v) is 8.58. The van der Waals surface area contributed by atoms with Crippen LogP contribution in [0.4, 0.5) is 5.69 Å². The SMILES string of the molecule is Cc1nsc(Oc2ccc3c(-c4ccc([N+](=O)[O-])cc4)cc(=O)oc3c2)n1. The summed E-state index contributed by atoms with van der Waals surface area (Å²) >= 11 is 1.13. The van der Waals surface area contributed by atoms with Gasteiger partial charge in [-0.2, -0.15) is 9.36 Å². The van der Waals surface area contributed by atoms with E-state index in [1.807, 2.05) is 0 Å². The number of aromatic nitrogens is 2. The maximum absolute atomic E-state index is 12.0. The van der Waals surface area contributed by atoms with Gasteiger partial charge in [0.05, 0.1) is 4.92 Å². The first-order chi connectivity index (χ1) is 13.0. The second-order valence-electron chi connectivity index (χ2n) is 5.65. The minimum Gasteiger partial charge on any atom is -0.430 e. The Morgan fingerprint density at radius 3 is 2.59 bits per heavy atom. The highest BCUT2D eigenvalue weighted by atomic mass is 32.1. The van der Waals surface area contributed by atoms with E-state index in [0.29, 0.717) is 38.9 Å². The third-order valence-corrected chi connectivity index (χ3v) is 4.51. The van der Waals surface area contributed by atoms with Crippen LogP contribution in [0.15, 0.2) is 57.7 Å². The van der Waals surface area contributed by atoms with Crippen molar-refractivity contribution in [3.05, 3.63) is 74.9 Å². The molecule has 0 spiro atoms. The van der Waals surface area contributed by atoms with Crippen molar-refractivity contribution in [3.63, 3.8) is 0 Å². The molecule has 0 radical (unpaired) electrons. The third kappa shape index (κ3) is 3.40. The number of hydrogen-bond donors (Lipinski definition) is 0. The van der Waals surface area contributed by atoms with Crippen molar-refractivity contribution >= 4 is 28.2 Å². The Morgan fingerprint density at radius 1 is 1.15 bits per heavy atom. The van der Waals surface area contributed by atoms with Gasteiger partial charge in [0.1, 0.15) is 17.2 Å². The monoisotopic (exact) mass is 381 g/mol. The molecule has 2 aromatic carbocycles. The molecule has 2 aromatic heterocycles. The highest BCUT2D eigenvalue weighted by molar-refractivity contribution is 7.07. The van der Waals surface area contributed by atoms with E-state index in [4.69, 9.17) is 9.15 Å². The quantitative estimate of drug-likeness (QED) is 0.294. The zero-order chi connectivity index (χ0) is 19.0. The highest BCUT2D eigenvalue weighted by Gasteiger charge is 2.12. The average molecular weight is 381 g/mol. The van der Waals surface area contributed by atoms with E-state index in [9.17, 15) is 14.9 Å². The number of benzene rings is 2. The van der Waals surface area contributed by atoms with Gasteiger partial charge in [-0.25, -0.2) is 4.79 Å². The zero-order valence-electron chi connectivity index (χ0n) is 13.9. The van der Waals surface area contributed by atoms with Crippen molar-refractivity contribution in [2.24, 2.45) is 0 Å². The molecule has 0 aliphatic carbocycles. The standard InChI is InChI=1S/C18H11N3O5S/c1-10-19-18(27-20-10)25-13-6-7-14-15(9-17(22)26-16(14)8-13)11-2-4-12(5-3-11)21(23)24/h2-9H,1H3. The van der Waals surface area contributed by atoms with Gasteiger partial charge in [0, 0.05) is 41.2 Å². The maximum Gasteiger partial charge on any atom is 0.336 e. The number of ether oxygens (including phenoxy) is 1. The molecular formula is C18H11N3O5S. The van der Waals surface area contributed by atoms with E-state index in [0.717, 1.165) is 11.5 Å². The van der Waals surface area contributed by atoms with Crippen LogP contribution in [0.25, 0.3) is 22.1 Å². The molecule has 27 heavy (non-hydrogen) atoms. The van der Waals surface area contributed by atoms with Gasteiger partial charge < -0.3 is 9.15 Å². The topological polar surface area (TPSA) is 108 Å². The second kappa shape index (κ2) is 6.61. The molecule has 0 unspecified atom stereocenters. The van der Waals surface area contributed by atoms with E-state index in [-0.39, 0.29) is 5.69 Å². The van der Waals surface area contributed by atoms with Crippen LogP contribution in [-0.4, -0.2) is 14.3 Å². The Bertz CT molecular complexity index is 1210. The molecule has 0 aliphatic heterocycles. The number of nitro groups is 1. The van der Waals surface area contributed by atoms with Crippen LogP contribution in [0.5, 0.6) is 10.9 Å². The van der Waals surface area contributed by atoms with Crippen molar-refractivity contribution in [2.75, 3.05) is 0 Å². The van der Waals surface area contributed by atoms with Crippen LogP contribution < -0.4 is 10.4 Å². The number of hydrogen-bond acceptors (Lipinski definition) is 8. The third-order valence-electron chi connectivity index (χ3n) is 3.82. The minimum absolute atomic E-state index is 0.0194. The molecule has 9 heteroatoms. The molecule has 0 bridgehead atoms. The molecule has 0 saturated carbocycles.